The van der Waals surface area contributed by atoms with Crippen LogP contribution in [0.1, 0.15) is 30.1 Å². The first-order valence-electron chi connectivity index (χ1n) is 6.99. The van der Waals surface area contributed by atoms with Crippen LogP contribution in [0, 0.1) is 10.1 Å². The quantitative estimate of drug-likeness (QED) is 0.404. The average molecular weight is 334 g/mol. The van der Waals surface area contributed by atoms with E-state index in [0.29, 0.717) is 0 Å². The van der Waals surface area contributed by atoms with Crippen LogP contribution in [0.2, 0.25) is 0 Å². The summed E-state index contributed by atoms with van der Waals surface area (Å²) in [5.74, 6) is -2.53. The molecule has 10 heteroatoms. The minimum Gasteiger partial charge on any atom is -0.340 e. The van der Waals surface area contributed by atoms with Crippen LogP contribution in [0.15, 0.2) is 18.2 Å². The zero-order valence-electron chi connectivity index (χ0n) is 12.6. The van der Waals surface area contributed by atoms with Crippen LogP contribution in [0.25, 0.3) is 0 Å². The van der Waals surface area contributed by atoms with Crippen molar-refractivity contribution in [3.8, 4) is 0 Å². The normalized spacial score (nSPS) is 17.0. The molecule has 1 saturated heterocycles. The SMILES string of the molecule is CC(=O)Nc1cccc([N+](=O)[O-])c1C(=O)NC1CCC(=O)NC1=O. The number of hydrogen-bond acceptors (Lipinski definition) is 6. The van der Waals surface area contributed by atoms with Gasteiger partial charge in [-0.25, -0.2) is 0 Å². The molecule has 1 atom stereocenters. The minimum absolute atomic E-state index is 0.0403. The third kappa shape index (κ3) is 3.72. The van der Waals surface area contributed by atoms with E-state index in [9.17, 15) is 29.3 Å². The summed E-state index contributed by atoms with van der Waals surface area (Å²) in [6.07, 6.45) is 0.138. The van der Waals surface area contributed by atoms with Gasteiger partial charge in [0.15, 0.2) is 0 Å². The first-order valence-corrected chi connectivity index (χ1v) is 6.99. The lowest BCUT2D eigenvalue weighted by Gasteiger charge is -2.22. The third-order valence-electron chi connectivity index (χ3n) is 3.32. The molecule has 10 nitrogen and oxygen atoms in total. The Balaban J connectivity index is 2.33. The lowest BCUT2D eigenvalue weighted by molar-refractivity contribution is -0.385. The van der Waals surface area contributed by atoms with E-state index in [0.717, 1.165) is 6.07 Å². The fourth-order valence-corrected chi connectivity index (χ4v) is 2.29. The number of nitro benzene ring substituents is 1. The molecule has 3 N–H and O–H groups in total. The number of benzene rings is 1. The Hall–Kier alpha value is -3.30. The van der Waals surface area contributed by atoms with Gasteiger partial charge in [-0.15, -0.1) is 0 Å². The van der Waals surface area contributed by atoms with Crippen LogP contribution in [0.4, 0.5) is 11.4 Å². The van der Waals surface area contributed by atoms with Crippen LogP contribution in [-0.2, 0) is 14.4 Å². The summed E-state index contributed by atoms with van der Waals surface area (Å²) in [4.78, 5) is 56.9. The Morgan fingerprint density at radius 2 is 2.04 bits per heavy atom. The van der Waals surface area contributed by atoms with Gasteiger partial charge in [-0.3, -0.25) is 34.6 Å². The summed E-state index contributed by atoms with van der Waals surface area (Å²) in [7, 11) is 0. The van der Waals surface area contributed by atoms with Crippen molar-refractivity contribution in [2.45, 2.75) is 25.8 Å². The molecule has 1 aromatic carbocycles. The highest BCUT2D eigenvalue weighted by Crippen LogP contribution is 2.26. The Morgan fingerprint density at radius 3 is 2.62 bits per heavy atom. The molecule has 1 heterocycles. The van der Waals surface area contributed by atoms with Crippen LogP contribution in [-0.4, -0.2) is 34.6 Å². The summed E-state index contributed by atoms with van der Waals surface area (Å²) >= 11 is 0. The van der Waals surface area contributed by atoms with E-state index >= 15 is 0 Å². The molecule has 4 amide bonds. The molecule has 0 spiro atoms. The second-order valence-corrected chi connectivity index (χ2v) is 5.12. The summed E-state index contributed by atoms with van der Waals surface area (Å²) < 4.78 is 0. The van der Waals surface area contributed by atoms with E-state index in [-0.39, 0.29) is 24.1 Å². The topological polar surface area (TPSA) is 148 Å². The van der Waals surface area contributed by atoms with Crippen LogP contribution >= 0.6 is 0 Å². The zero-order chi connectivity index (χ0) is 17.9. The monoisotopic (exact) mass is 334 g/mol. The number of hydrogen-bond donors (Lipinski definition) is 3. The van der Waals surface area contributed by atoms with Crippen molar-refractivity contribution in [3.63, 3.8) is 0 Å². The van der Waals surface area contributed by atoms with Crippen molar-refractivity contribution in [2.24, 2.45) is 0 Å². The summed E-state index contributed by atoms with van der Waals surface area (Å²) in [5, 5.41) is 17.9. The smallest absolute Gasteiger partial charge is 0.284 e. The fraction of sp³-hybridized carbons (Fsp3) is 0.286. The number of nitrogens with one attached hydrogen (secondary N) is 3. The number of carbonyl (C=O) groups is 4. The Kier molecular flexibility index (Phi) is 4.87. The minimum atomic E-state index is -0.986. The molecule has 0 aliphatic carbocycles. The Morgan fingerprint density at radius 1 is 1.33 bits per heavy atom. The molecule has 0 aromatic heterocycles. The molecule has 1 unspecified atom stereocenters. The molecular weight excluding hydrogens is 320 g/mol. The van der Waals surface area contributed by atoms with E-state index in [4.69, 9.17) is 0 Å². The maximum atomic E-state index is 12.4. The highest BCUT2D eigenvalue weighted by molar-refractivity contribution is 6.09. The summed E-state index contributed by atoms with van der Waals surface area (Å²) in [6, 6.07) is 2.80. The van der Waals surface area contributed by atoms with Crippen molar-refractivity contribution >= 4 is 35.0 Å². The van der Waals surface area contributed by atoms with Gasteiger partial charge in [-0.05, 0) is 12.5 Å². The molecular formula is C14H14N4O6. The molecule has 24 heavy (non-hydrogen) atoms. The van der Waals surface area contributed by atoms with Crippen molar-refractivity contribution in [1.82, 2.24) is 10.6 Å². The Labute approximate surface area is 135 Å². The van der Waals surface area contributed by atoms with Gasteiger partial charge in [-0.1, -0.05) is 6.07 Å². The molecule has 1 fully saturated rings. The van der Waals surface area contributed by atoms with Gasteiger partial charge < -0.3 is 10.6 Å². The van der Waals surface area contributed by atoms with Crippen LogP contribution in [0.3, 0.4) is 0 Å². The lowest BCUT2D eigenvalue weighted by Crippen LogP contribution is -2.52. The first-order chi connectivity index (χ1) is 11.3. The van der Waals surface area contributed by atoms with E-state index in [1.807, 2.05) is 0 Å². The second kappa shape index (κ2) is 6.86. The molecule has 1 aliphatic rings. The number of nitrogens with zero attached hydrogens (tertiary/aromatic N) is 1. The molecule has 1 aromatic rings. The summed E-state index contributed by atoms with van der Waals surface area (Å²) in [6.45, 7) is 1.20. The number of rotatable bonds is 4. The predicted molar refractivity (Wildman–Crippen MR) is 81.0 cm³/mol. The van der Waals surface area contributed by atoms with E-state index in [1.54, 1.807) is 0 Å². The van der Waals surface area contributed by atoms with E-state index in [1.165, 1.54) is 19.1 Å². The number of anilines is 1. The van der Waals surface area contributed by atoms with Crippen LogP contribution < -0.4 is 16.0 Å². The maximum absolute atomic E-state index is 12.4. The highest BCUT2D eigenvalue weighted by Gasteiger charge is 2.31. The number of nitro groups is 1. The first kappa shape index (κ1) is 17.1. The molecule has 126 valence electrons. The second-order valence-electron chi connectivity index (χ2n) is 5.12. The molecule has 0 bridgehead atoms. The van der Waals surface area contributed by atoms with E-state index < -0.39 is 40.3 Å². The highest BCUT2D eigenvalue weighted by atomic mass is 16.6. The Bertz CT molecular complexity index is 745. The number of imide groups is 1. The lowest BCUT2D eigenvalue weighted by atomic mass is 10.0. The molecule has 2 rings (SSSR count). The van der Waals surface area contributed by atoms with Crippen molar-refractivity contribution in [3.05, 3.63) is 33.9 Å². The average Bonchev–Trinajstić information content (AvgIpc) is 2.49. The fourth-order valence-electron chi connectivity index (χ4n) is 2.29. The maximum Gasteiger partial charge on any atom is 0.284 e. The van der Waals surface area contributed by atoms with Crippen molar-refractivity contribution in [1.29, 1.82) is 0 Å². The van der Waals surface area contributed by atoms with Gasteiger partial charge >= 0.3 is 0 Å². The van der Waals surface area contributed by atoms with Gasteiger partial charge in [-0.2, -0.15) is 0 Å². The molecule has 1 aliphatic heterocycles. The van der Waals surface area contributed by atoms with Gasteiger partial charge in [0, 0.05) is 19.4 Å². The van der Waals surface area contributed by atoms with Crippen LogP contribution in [0.5, 0.6) is 0 Å². The summed E-state index contributed by atoms with van der Waals surface area (Å²) in [5.41, 5.74) is -0.907. The molecule has 0 saturated carbocycles. The molecule has 0 radical (unpaired) electrons. The third-order valence-corrected chi connectivity index (χ3v) is 3.32. The standard InChI is InChI=1S/C14H14N4O6/c1-7(19)15-8-3-2-4-10(18(23)24)12(8)14(22)16-9-5-6-11(20)17-13(9)21/h2-4,9H,5-6H2,1H3,(H,15,19)(H,16,22)(H,17,20,21). The largest absolute Gasteiger partial charge is 0.340 e. The number of carbonyl (C=O) groups excluding carboxylic acids is 4. The van der Waals surface area contributed by atoms with Crippen molar-refractivity contribution in [2.75, 3.05) is 5.32 Å². The van der Waals surface area contributed by atoms with Crippen molar-refractivity contribution < 1.29 is 24.1 Å². The predicted octanol–water partition coefficient (Wildman–Crippen LogP) is 0.0882. The van der Waals surface area contributed by atoms with E-state index in [2.05, 4.69) is 16.0 Å². The number of piperidine rings is 1. The van der Waals surface area contributed by atoms with Gasteiger partial charge in [0.25, 0.3) is 11.6 Å². The van der Waals surface area contributed by atoms with Gasteiger partial charge in [0.1, 0.15) is 11.6 Å². The number of amides is 4. The van der Waals surface area contributed by atoms with Gasteiger partial charge in [0.2, 0.25) is 17.7 Å². The zero-order valence-corrected chi connectivity index (χ0v) is 12.6. The van der Waals surface area contributed by atoms with Gasteiger partial charge in [0.05, 0.1) is 10.6 Å².